The molecule has 0 fully saturated rings. The molecular formula is C15H19NO2S. The van der Waals surface area contributed by atoms with Crippen LogP contribution in [0.4, 0.5) is 0 Å². The number of hydrogen-bond donors (Lipinski definition) is 1. The first kappa shape index (κ1) is 14.0. The standard InChI is InChI=1S/C15H19NO2S/c16-10-3-4-11-19(17,18)12-14-8-5-7-13-6-1-2-9-15(13)14/h1-2,5-9H,3-4,10-12,16H2. The predicted octanol–water partition coefficient (Wildman–Crippen LogP) is 2.49. The summed E-state index contributed by atoms with van der Waals surface area (Å²) in [7, 11) is -3.05. The molecule has 19 heavy (non-hydrogen) atoms. The van der Waals surface area contributed by atoms with E-state index in [0.717, 1.165) is 22.8 Å². The highest BCUT2D eigenvalue weighted by atomic mass is 32.2. The van der Waals surface area contributed by atoms with E-state index in [1.807, 2.05) is 42.5 Å². The number of fused-ring (bicyclic) bond motifs is 1. The van der Waals surface area contributed by atoms with Crippen molar-refractivity contribution in [2.45, 2.75) is 18.6 Å². The lowest BCUT2D eigenvalue weighted by Gasteiger charge is -2.07. The summed E-state index contributed by atoms with van der Waals surface area (Å²) in [6.07, 6.45) is 1.40. The van der Waals surface area contributed by atoms with Gasteiger partial charge in [-0.25, -0.2) is 8.42 Å². The average molecular weight is 277 g/mol. The molecule has 2 aromatic rings. The molecule has 0 heterocycles. The molecule has 0 aliphatic rings. The van der Waals surface area contributed by atoms with Crippen LogP contribution in [0.2, 0.25) is 0 Å². The van der Waals surface area contributed by atoms with Crippen LogP contribution in [-0.4, -0.2) is 20.7 Å². The van der Waals surface area contributed by atoms with Crippen LogP contribution in [0.25, 0.3) is 10.8 Å². The average Bonchev–Trinajstić information content (AvgIpc) is 2.39. The number of sulfone groups is 1. The summed E-state index contributed by atoms with van der Waals surface area (Å²) >= 11 is 0. The predicted molar refractivity (Wildman–Crippen MR) is 79.7 cm³/mol. The molecule has 0 bridgehead atoms. The van der Waals surface area contributed by atoms with Crippen LogP contribution >= 0.6 is 0 Å². The van der Waals surface area contributed by atoms with Crippen molar-refractivity contribution in [1.29, 1.82) is 0 Å². The number of unbranched alkanes of at least 4 members (excludes halogenated alkanes) is 1. The van der Waals surface area contributed by atoms with Crippen molar-refractivity contribution >= 4 is 20.6 Å². The summed E-state index contributed by atoms with van der Waals surface area (Å²) in [6, 6.07) is 13.7. The molecule has 0 unspecified atom stereocenters. The summed E-state index contributed by atoms with van der Waals surface area (Å²) < 4.78 is 24.2. The quantitative estimate of drug-likeness (QED) is 0.825. The Labute approximate surface area is 114 Å². The van der Waals surface area contributed by atoms with Crippen molar-refractivity contribution in [2.75, 3.05) is 12.3 Å². The lowest BCUT2D eigenvalue weighted by molar-refractivity contribution is 0.591. The van der Waals surface area contributed by atoms with Gasteiger partial charge >= 0.3 is 0 Å². The fourth-order valence-corrected chi connectivity index (χ4v) is 3.71. The van der Waals surface area contributed by atoms with E-state index in [1.165, 1.54) is 0 Å². The van der Waals surface area contributed by atoms with Crippen molar-refractivity contribution in [3.8, 4) is 0 Å². The molecule has 2 aromatic carbocycles. The van der Waals surface area contributed by atoms with Crippen molar-refractivity contribution in [3.05, 3.63) is 48.0 Å². The number of rotatable bonds is 6. The smallest absolute Gasteiger partial charge is 0.154 e. The normalized spacial score (nSPS) is 11.8. The van der Waals surface area contributed by atoms with Gasteiger partial charge in [0.2, 0.25) is 0 Å². The van der Waals surface area contributed by atoms with Crippen LogP contribution in [0.15, 0.2) is 42.5 Å². The van der Waals surface area contributed by atoms with E-state index in [0.29, 0.717) is 13.0 Å². The van der Waals surface area contributed by atoms with Gasteiger partial charge in [0, 0.05) is 0 Å². The Hall–Kier alpha value is -1.39. The molecule has 2 N–H and O–H groups in total. The molecule has 4 heteroatoms. The van der Waals surface area contributed by atoms with Gasteiger partial charge in [-0.2, -0.15) is 0 Å². The van der Waals surface area contributed by atoms with Gasteiger partial charge in [0.15, 0.2) is 9.84 Å². The highest BCUT2D eigenvalue weighted by Crippen LogP contribution is 2.20. The molecule has 0 spiro atoms. The van der Waals surface area contributed by atoms with Crippen LogP contribution in [0.3, 0.4) is 0 Å². The van der Waals surface area contributed by atoms with Gasteiger partial charge in [0.05, 0.1) is 11.5 Å². The van der Waals surface area contributed by atoms with Gasteiger partial charge in [-0.15, -0.1) is 0 Å². The number of nitrogens with two attached hydrogens (primary N) is 1. The maximum absolute atomic E-state index is 12.1. The monoisotopic (exact) mass is 277 g/mol. The minimum Gasteiger partial charge on any atom is -0.330 e. The molecule has 3 nitrogen and oxygen atoms in total. The molecule has 0 aliphatic heterocycles. The minimum absolute atomic E-state index is 0.110. The van der Waals surface area contributed by atoms with E-state index >= 15 is 0 Å². The van der Waals surface area contributed by atoms with Gasteiger partial charge < -0.3 is 5.73 Å². The summed E-state index contributed by atoms with van der Waals surface area (Å²) in [5.41, 5.74) is 6.27. The first-order valence-corrected chi connectivity index (χ1v) is 8.32. The van der Waals surface area contributed by atoms with E-state index in [1.54, 1.807) is 0 Å². The van der Waals surface area contributed by atoms with E-state index in [2.05, 4.69) is 0 Å². The topological polar surface area (TPSA) is 60.2 Å². The fourth-order valence-electron chi connectivity index (χ4n) is 2.19. The van der Waals surface area contributed by atoms with E-state index in [9.17, 15) is 8.42 Å². The first-order valence-electron chi connectivity index (χ1n) is 6.49. The van der Waals surface area contributed by atoms with E-state index in [-0.39, 0.29) is 11.5 Å². The number of benzene rings is 2. The molecule has 0 saturated carbocycles. The molecule has 0 aromatic heterocycles. The zero-order chi connectivity index (χ0) is 13.7. The van der Waals surface area contributed by atoms with Crippen molar-refractivity contribution in [2.24, 2.45) is 5.73 Å². The van der Waals surface area contributed by atoms with Gasteiger partial charge in [0.25, 0.3) is 0 Å². The van der Waals surface area contributed by atoms with Crippen LogP contribution in [-0.2, 0) is 15.6 Å². The SMILES string of the molecule is NCCCCS(=O)(=O)Cc1cccc2ccccc12. The Bertz CT molecular complexity index is 645. The molecule has 0 amide bonds. The molecule has 0 saturated heterocycles. The Balaban J connectivity index is 2.21. The second kappa shape index (κ2) is 6.17. The van der Waals surface area contributed by atoms with Crippen molar-refractivity contribution in [1.82, 2.24) is 0 Å². The van der Waals surface area contributed by atoms with Crippen LogP contribution in [0.5, 0.6) is 0 Å². The van der Waals surface area contributed by atoms with Gasteiger partial charge in [-0.3, -0.25) is 0 Å². The van der Waals surface area contributed by atoms with Crippen molar-refractivity contribution < 1.29 is 8.42 Å². The molecule has 0 radical (unpaired) electrons. The Morgan fingerprint density at radius 2 is 1.68 bits per heavy atom. The first-order chi connectivity index (χ1) is 9.12. The third-order valence-electron chi connectivity index (χ3n) is 3.16. The van der Waals surface area contributed by atoms with Crippen molar-refractivity contribution in [3.63, 3.8) is 0 Å². The van der Waals surface area contributed by atoms with Gasteiger partial charge in [-0.1, -0.05) is 42.5 Å². The maximum Gasteiger partial charge on any atom is 0.154 e. The summed E-state index contributed by atoms with van der Waals surface area (Å²) in [4.78, 5) is 0. The lowest BCUT2D eigenvalue weighted by Crippen LogP contribution is -2.11. The van der Waals surface area contributed by atoms with Crippen LogP contribution < -0.4 is 5.73 Å². The maximum atomic E-state index is 12.1. The Morgan fingerprint density at radius 1 is 0.947 bits per heavy atom. The fraction of sp³-hybridized carbons (Fsp3) is 0.333. The molecule has 102 valence electrons. The lowest BCUT2D eigenvalue weighted by atomic mass is 10.1. The Morgan fingerprint density at radius 3 is 2.47 bits per heavy atom. The van der Waals surface area contributed by atoms with E-state index in [4.69, 9.17) is 5.73 Å². The number of hydrogen-bond acceptors (Lipinski definition) is 3. The summed E-state index contributed by atoms with van der Waals surface area (Å²) in [5.74, 6) is 0.326. The van der Waals surface area contributed by atoms with Crippen LogP contribution in [0, 0.1) is 0 Å². The largest absolute Gasteiger partial charge is 0.330 e. The Kier molecular flexibility index (Phi) is 4.56. The van der Waals surface area contributed by atoms with Gasteiger partial charge in [-0.05, 0) is 35.7 Å². The zero-order valence-corrected chi connectivity index (χ0v) is 11.7. The summed E-state index contributed by atoms with van der Waals surface area (Å²) in [6.45, 7) is 0.545. The third-order valence-corrected chi connectivity index (χ3v) is 4.83. The zero-order valence-electron chi connectivity index (χ0n) is 10.9. The summed E-state index contributed by atoms with van der Waals surface area (Å²) in [5, 5.41) is 2.10. The van der Waals surface area contributed by atoms with Crippen LogP contribution in [0.1, 0.15) is 18.4 Å². The highest BCUT2D eigenvalue weighted by molar-refractivity contribution is 7.90. The third kappa shape index (κ3) is 3.78. The highest BCUT2D eigenvalue weighted by Gasteiger charge is 2.13. The van der Waals surface area contributed by atoms with Gasteiger partial charge in [0.1, 0.15) is 0 Å². The van der Waals surface area contributed by atoms with E-state index < -0.39 is 9.84 Å². The second-order valence-corrected chi connectivity index (χ2v) is 6.91. The second-order valence-electron chi connectivity index (χ2n) is 4.73. The molecule has 0 aliphatic carbocycles. The molecular weight excluding hydrogens is 258 g/mol. The minimum atomic E-state index is -3.05. The molecule has 2 rings (SSSR count). The molecule has 0 atom stereocenters.